The van der Waals surface area contributed by atoms with E-state index in [0.717, 1.165) is 38.2 Å². The number of rotatable bonds is 17. The minimum Gasteiger partial charge on any atom is -0.504 e. The molecule has 0 radical (unpaired) electrons. The molecule has 60 heavy (non-hydrogen) atoms. The molecule has 0 spiro atoms. The molecule has 2 aliphatic rings. The van der Waals surface area contributed by atoms with E-state index in [9.17, 15) is 44.4 Å². The molecule has 2 saturated heterocycles. The van der Waals surface area contributed by atoms with E-state index in [2.05, 4.69) is 0 Å². The van der Waals surface area contributed by atoms with Gasteiger partial charge in [-0.05, 0) is 53.7 Å². The number of nitrogens with zero attached hydrogens (tertiary/aromatic N) is 2. The van der Waals surface area contributed by atoms with Crippen LogP contribution in [0, 0.1) is 16.2 Å². The lowest BCUT2D eigenvalue weighted by atomic mass is 9.88. The summed E-state index contributed by atoms with van der Waals surface area (Å²) in [6.45, 7) is 8.47. The highest BCUT2D eigenvalue weighted by molar-refractivity contribution is 8.76. The molecule has 2 unspecified atom stereocenters. The molecular formula is C40H52N2O14S4. The lowest BCUT2D eigenvalue weighted by Crippen LogP contribution is -2.55. The van der Waals surface area contributed by atoms with Gasteiger partial charge in [0.05, 0.1) is 25.0 Å². The predicted octanol–water partition coefficient (Wildman–Crippen LogP) is 5.81. The van der Waals surface area contributed by atoms with Gasteiger partial charge in [0.15, 0.2) is 23.0 Å². The van der Waals surface area contributed by atoms with Gasteiger partial charge < -0.3 is 49.2 Å². The van der Waals surface area contributed by atoms with E-state index in [1.54, 1.807) is 65.8 Å². The number of phenols is 2. The molecule has 4 rings (SSSR count). The number of hydrogen-bond donors (Lipinski definition) is 4. The summed E-state index contributed by atoms with van der Waals surface area (Å²) in [6.07, 6.45) is -0.150. The van der Waals surface area contributed by atoms with Gasteiger partial charge in [0.25, 0.3) is 0 Å². The Morgan fingerprint density at radius 2 is 1.13 bits per heavy atom. The fourth-order valence-electron chi connectivity index (χ4n) is 6.13. The number of ether oxygens (including phenoxy) is 4. The third-order valence-corrected chi connectivity index (χ3v) is 14.8. The molecule has 0 bridgehead atoms. The average Bonchev–Trinajstić information content (AvgIpc) is 3.83. The summed E-state index contributed by atoms with van der Waals surface area (Å²) in [4.78, 5) is 82.9. The van der Waals surface area contributed by atoms with Crippen molar-refractivity contribution in [3.63, 3.8) is 0 Å². The number of thioether (sulfide) groups is 2. The van der Waals surface area contributed by atoms with Gasteiger partial charge in [-0.15, -0.1) is 23.5 Å². The van der Waals surface area contributed by atoms with Gasteiger partial charge >= 0.3 is 23.9 Å². The molecule has 2 aromatic carbocycles. The first-order valence-corrected chi connectivity index (χ1v) is 23.3. The minimum absolute atomic E-state index is 0.0628. The number of methoxy groups -OCH3 is 2. The zero-order valence-corrected chi connectivity index (χ0v) is 37.9. The Morgan fingerprint density at radius 1 is 0.700 bits per heavy atom. The number of amides is 2. The highest BCUT2D eigenvalue weighted by atomic mass is 33.1. The number of carbonyl (C=O) groups is 6. The monoisotopic (exact) mass is 912 g/mol. The zero-order chi connectivity index (χ0) is 44.7. The number of aromatic hydroxyl groups is 2. The van der Waals surface area contributed by atoms with Crippen LogP contribution in [0.3, 0.4) is 0 Å². The third-order valence-electron chi connectivity index (χ3n) is 9.58. The number of carboxylic acid groups (broad SMARTS) is 2. The molecule has 4 N–H and O–H groups in total. The molecule has 2 heterocycles. The van der Waals surface area contributed by atoms with Crippen molar-refractivity contribution in [1.82, 2.24) is 9.80 Å². The van der Waals surface area contributed by atoms with Gasteiger partial charge in [-0.1, -0.05) is 45.9 Å². The maximum absolute atomic E-state index is 15.2. The highest BCUT2D eigenvalue weighted by Gasteiger charge is 2.53. The number of hydrogen-bond acceptors (Lipinski definition) is 16. The van der Waals surface area contributed by atoms with Crippen LogP contribution < -0.4 is 9.47 Å². The fourth-order valence-corrected chi connectivity index (χ4v) is 11.5. The van der Waals surface area contributed by atoms with Crippen molar-refractivity contribution >= 4 is 80.8 Å². The van der Waals surface area contributed by atoms with Crippen LogP contribution in [0.1, 0.15) is 69.8 Å². The number of esters is 2. The Hall–Kier alpha value is -4.14. The SMILES string of the molecule is COc1cccc(C2SC[C@@H](C(=O)O)N2C(=O)CCSSCC(COC(=O)C(C)(C)C)(COC(=O)C(C)(C)C)C(=O)N2C(c3cccc(OC)c3O)SC[C@H]2C(=O)O)c1O. The molecule has 2 amide bonds. The fraction of sp³-hybridized carbons (Fsp3) is 0.550. The van der Waals surface area contributed by atoms with E-state index in [-0.39, 0.29) is 58.0 Å². The van der Waals surface area contributed by atoms with E-state index in [1.165, 1.54) is 43.0 Å². The maximum Gasteiger partial charge on any atom is 0.327 e. The molecule has 16 nitrogen and oxygen atoms in total. The first-order valence-electron chi connectivity index (χ1n) is 18.7. The molecule has 2 aliphatic heterocycles. The Labute approximate surface area is 365 Å². The second-order valence-electron chi connectivity index (χ2n) is 16.2. The number of para-hydroxylation sites is 2. The zero-order valence-electron chi connectivity index (χ0n) is 34.6. The van der Waals surface area contributed by atoms with Crippen LogP contribution in [0.5, 0.6) is 23.0 Å². The van der Waals surface area contributed by atoms with E-state index in [0.29, 0.717) is 5.56 Å². The van der Waals surface area contributed by atoms with Crippen molar-refractivity contribution in [1.29, 1.82) is 0 Å². The van der Waals surface area contributed by atoms with E-state index >= 15 is 4.79 Å². The predicted molar refractivity (Wildman–Crippen MR) is 229 cm³/mol. The van der Waals surface area contributed by atoms with Crippen molar-refractivity contribution in [3.05, 3.63) is 47.5 Å². The molecule has 20 heteroatoms. The summed E-state index contributed by atoms with van der Waals surface area (Å²) >= 11 is 2.29. The van der Waals surface area contributed by atoms with Crippen molar-refractivity contribution in [2.45, 2.75) is 70.8 Å². The summed E-state index contributed by atoms with van der Waals surface area (Å²) in [6, 6.07) is 6.82. The van der Waals surface area contributed by atoms with E-state index < -0.39 is 88.0 Å². The maximum atomic E-state index is 15.2. The molecule has 4 atom stereocenters. The Balaban J connectivity index is 1.67. The summed E-state index contributed by atoms with van der Waals surface area (Å²) in [7, 11) is 4.97. The van der Waals surface area contributed by atoms with Gasteiger partial charge in [0.1, 0.15) is 41.5 Å². The third kappa shape index (κ3) is 11.0. The van der Waals surface area contributed by atoms with Crippen molar-refractivity contribution in [3.8, 4) is 23.0 Å². The first kappa shape index (κ1) is 48.5. The number of phenolic OH excluding ortho intramolecular Hbond substituents is 2. The first-order chi connectivity index (χ1) is 28.1. The number of aliphatic carboxylic acids is 2. The van der Waals surface area contributed by atoms with Crippen LogP contribution in [0.15, 0.2) is 36.4 Å². The topological polar surface area (TPSA) is 227 Å². The normalized spacial score (nSPS) is 19.5. The van der Waals surface area contributed by atoms with Crippen LogP contribution in [-0.4, -0.2) is 128 Å². The van der Waals surface area contributed by atoms with Crippen LogP contribution in [0.2, 0.25) is 0 Å². The summed E-state index contributed by atoms with van der Waals surface area (Å²) in [5.41, 5.74) is -3.39. The van der Waals surface area contributed by atoms with Gasteiger partial charge in [0.2, 0.25) is 11.8 Å². The van der Waals surface area contributed by atoms with Crippen LogP contribution >= 0.6 is 45.1 Å². The van der Waals surface area contributed by atoms with Crippen LogP contribution in [0.4, 0.5) is 0 Å². The van der Waals surface area contributed by atoms with Crippen LogP contribution in [0.25, 0.3) is 0 Å². The Morgan fingerprint density at radius 3 is 1.55 bits per heavy atom. The van der Waals surface area contributed by atoms with Gasteiger partial charge in [-0.25, -0.2) is 9.59 Å². The van der Waals surface area contributed by atoms with Gasteiger partial charge in [-0.2, -0.15) is 0 Å². The molecule has 330 valence electrons. The minimum atomic E-state index is -1.89. The van der Waals surface area contributed by atoms with E-state index in [1.807, 2.05) is 0 Å². The van der Waals surface area contributed by atoms with Gasteiger partial charge in [-0.3, -0.25) is 19.2 Å². The van der Waals surface area contributed by atoms with Crippen LogP contribution in [-0.2, 0) is 38.2 Å². The highest BCUT2D eigenvalue weighted by Crippen LogP contribution is 2.50. The average molecular weight is 913 g/mol. The second-order valence-corrected chi connectivity index (χ2v) is 21.0. The Bertz CT molecular complexity index is 1900. The molecular weight excluding hydrogens is 861 g/mol. The summed E-state index contributed by atoms with van der Waals surface area (Å²) < 4.78 is 22.1. The second kappa shape index (κ2) is 20.2. The molecule has 0 saturated carbocycles. The van der Waals surface area contributed by atoms with Crippen molar-refractivity contribution < 1.29 is 68.1 Å². The lowest BCUT2D eigenvalue weighted by molar-refractivity contribution is -0.171. The summed E-state index contributed by atoms with van der Waals surface area (Å²) in [5, 5.41) is 40.5. The molecule has 0 aromatic heterocycles. The molecule has 2 fully saturated rings. The Kier molecular flexibility index (Phi) is 16.3. The number of carboxylic acids is 2. The smallest absolute Gasteiger partial charge is 0.327 e. The van der Waals surface area contributed by atoms with Crippen molar-refractivity contribution in [2.75, 3.05) is 50.4 Å². The molecule has 2 aromatic rings. The lowest BCUT2D eigenvalue weighted by Gasteiger charge is -2.39. The van der Waals surface area contributed by atoms with Crippen molar-refractivity contribution in [2.24, 2.45) is 16.2 Å². The van der Waals surface area contributed by atoms with E-state index in [4.69, 9.17) is 18.9 Å². The standard InChI is InChI=1S/C40H52N2O14S4/c1-38(2,3)36(51)55-19-40(20-56-37(52)39(4,5)6,35(50)42-25(34(48)49)18-58-32(42)23-12-10-14-27(54-8)30(23)45)21-60-59-16-15-28(43)41-24(33(46)47)17-57-31(41)22-11-9-13-26(53-7)29(22)44/h9-14,24-25,31-32,44-45H,15-21H2,1-8H3,(H,46,47)(H,48,49)/t24-,25-,31?,32?/m0/s1. The quantitative estimate of drug-likeness (QED) is 0.0835. The number of benzene rings is 2. The number of carbonyl (C=O) groups excluding carboxylic acids is 4. The molecule has 0 aliphatic carbocycles. The van der Waals surface area contributed by atoms with Gasteiger partial charge in [0, 0.05) is 40.6 Å². The largest absolute Gasteiger partial charge is 0.504 e. The summed E-state index contributed by atoms with van der Waals surface area (Å²) in [5.74, 6) is -5.54.